The Labute approximate surface area is 108 Å². The molecule has 4 heteroatoms. The zero-order valence-corrected chi connectivity index (χ0v) is 11.1. The van der Waals surface area contributed by atoms with Gasteiger partial charge in [0.15, 0.2) is 0 Å². The zero-order chi connectivity index (χ0) is 13.0. The number of hydrogen-bond donors (Lipinski definition) is 2. The highest BCUT2D eigenvalue weighted by atomic mass is 16.1. The Kier molecular flexibility index (Phi) is 4.07. The number of benzene rings is 1. The van der Waals surface area contributed by atoms with Gasteiger partial charge in [0.2, 0.25) is 5.91 Å². The molecule has 0 unspecified atom stereocenters. The molecule has 0 saturated carbocycles. The number of nitrogens with zero attached hydrogens (tertiary/aromatic N) is 1. The van der Waals surface area contributed by atoms with Crippen LogP contribution in [0.25, 0.3) is 0 Å². The number of carbonyl (C=O) groups excluding carboxylic acids is 1. The van der Waals surface area contributed by atoms with Crippen LogP contribution in [0, 0.1) is 0 Å². The lowest BCUT2D eigenvalue weighted by Crippen LogP contribution is -2.26. The van der Waals surface area contributed by atoms with E-state index in [1.54, 1.807) is 7.05 Å². The first-order valence-electron chi connectivity index (χ1n) is 6.49. The first-order chi connectivity index (χ1) is 8.70. The quantitative estimate of drug-likeness (QED) is 0.849. The lowest BCUT2D eigenvalue weighted by atomic mass is 10.0. The fourth-order valence-electron chi connectivity index (χ4n) is 2.21. The Morgan fingerprint density at radius 1 is 1.50 bits per heavy atom. The Morgan fingerprint density at radius 2 is 2.33 bits per heavy atom. The lowest BCUT2D eigenvalue weighted by molar-refractivity contribution is -0.120. The van der Waals surface area contributed by atoms with Crippen LogP contribution in [0.1, 0.15) is 18.4 Å². The molecule has 0 saturated heterocycles. The lowest BCUT2D eigenvalue weighted by Gasteiger charge is -2.23. The Bertz CT molecular complexity index is 431. The smallest absolute Gasteiger partial charge is 0.221 e. The number of carbonyl (C=O) groups is 1. The summed E-state index contributed by atoms with van der Waals surface area (Å²) in [5.41, 5.74) is 3.79. The third-order valence-electron chi connectivity index (χ3n) is 3.43. The third-order valence-corrected chi connectivity index (χ3v) is 3.43. The summed E-state index contributed by atoms with van der Waals surface area (Å²) in [6.07, 6.45) is 2.89. The molecule has 1 amide bonds. The van der Waals surface area contributed by atoms with Gasteiger partial charge in [-0.05, 0) is 30.5 Å². The van der Waals surface area contributed by atoms with Crippen LogP contribution in [0.4, 0.5) is 11.4 Å². The number of amides is 1. The predicted molar refractivity (Wildman–Crippen MR) is 75.2 cm³/mol. The van der Waals surface area contributed by atoms with Gasteiger partial charge in [-0.3, -0.25) is 4.79 Å². The Balaban J connectivity index is 2.01. The molecule has 1 aliphatic rings. The molecule has 1 aliphatic heterocycles. The molecule has 0 radical (unpaired) electrons. The molecule has 2 N–H and O–H groups in total. The molecule has 0 atom stereocenters. The molecule has 0 spiro atoms. The van der Waals surface area contributed by atoms with Crippen molar-refractivity contribution in [2.75, 3.05) is 37.4 Å². The average Bonchev–Trinajstić information content (AvgIpc) is 2.43. The first-order valence-corrected chi connectivity index (χ1v) is 6.49. The van der Waals surface area contributed by atoms with E-state index in [9.17, 15) is 4.79 Å². The van der Waals surface area contributed by atoms with Gasteiger partial charge in [0, 0.05) is 45.0 Å². The highest BCUT2D eigenvalue weighted by Crippen LogP contribution is 2.26. The van der Waals surface area contributed by atoms with Gasteiger partial charge in [-0.15, -0.1) is 0 Å². The van der Waals surface area contributed by atoms with Gasteiger partial charge in [0.05, 0.1) is 0 Å². The molecule has 98 valence electrons. The molecule has 0 fully saturated rings. The second kappa shape index (κ2) is 5.76. The molecular formula is C14H21N3O. The van der Waals surface area contributed by atoms with Gasteiger partial charge in [0.25, 0.3) is 0 Å². The van der Waals surface area contributed by atoms with E-state index in [1.807, 2.05) is 7.05 Å². The average molecular weight is 247 g/mol. The number of aryl methyl sites for hydroxylation is 1. The van der Waals surface area contributed by atoms with E-state index >= 15 is 0 Å². The molecular weight excluding hydrogens is 226 g/mol. The molecule has 0 aliphatic carbocycles. The standard InChI is InChI=1S/C14H21N3O/c1-15-14(18)7-9-17(2)12-6-5-11-4-3-8-16-13(11)10-12/h5-6,10,16H,3-4,7-9H2,1-2H3,(H,15,18). The summed E-state index contributed by atoms with van der Waals surface area (Å²) in [7, 11) is 3.69. The fraction of sp³-hybridized carbons (Fsp3) is 0.500. The summed E-state index contributed by atoms with van der Waals surface area (Å²) >= 11 is 0. The second-order valence-electron chi connectivity index (χ2n) is 4.72. The molecule has 2 rings (SSSR count). The highest BCUT2D eigenvalue weighted by molar-refractivity contribution is 5.76. The van der Waals surface area contributed by atoms with E-state index in [1.165, 1.54) is 17.7 Å². The topological polar surface area (TPSA) is 44.4 Å². The fourth-order valence-corrected chi connectivity index (χ4v) is 2.21. The molecule has 1 aromatic carbocycles. The Hall–Kier alpha value is -1.71. The highest BCUT2D eigenvalue weighted by Gasteiger charge is 2.10. The van der Waals surface area contributed by atoms with Crippen LogP contribution >= 0.6 is 0 Å². The molecule has 4 nitrogen and oxygen atoms in total. The van der Waals surface area contributed by atoms with Crippen molar-refractivity contribution in [1.82, 2.24) is 5.32 Å². The number of fused-ring (bicyclic) bond motifs is 1. The van der Waals surface area contributed by atoms with E-state index in [0.29, 0.717) is 6.42 Å². The maximum absolute atomic E-state index is 11.2. The van der Waals surface area contributed by atoms with Gasteiger partial charge in [-0.25, -0.2) is 0 Å². The van der Waals surface area contributed by atoms with Crippen molar-refractivity contribution in [2.45, 2.75) is 19.3 Å². The van der Waals surface area contributed by atoms with Crippen LogP contribution in [-0.4, -0.2) is 33.1 Å². The molecule has 18 heavy (non-hydrogen) atoms. The van der Waals surface area contributed by atoms with Gasteiger partial charge in [-0.2, -0.15) is 0 Å². The van der Waals surface area contributed by atoms with Gasteiger partial charge >= 0.3 is 0 Å². The minimum Gasteiger partial charge on any atom is -0.385 e. The summed E-state index contributed by atoms with van der Waals surface area (Å²) in [6, 6.07) is 6.50. The van der Waals surface area contributed by atoms with Gasteiger partial charge in [0.1, 0.15) is 0 Å². The molecule has 1 heterocycles. The monoisotopic (exact) mass is 247 g/mol. The van der Waals surface area contributed by atoms with Crippen LogP contribution in [0.15, 0.2) is 18.2 Å². The van der Waals surface area contributed by atoms with Crippen molar-refractivity contribution < 1.29 is 4.79 Å². The van der Waals surface area contributed by atoms with E-state index in [4.69, 9.17) is 0 Å². The predicted octanol–water partition coefficient (Wildman–Crippen LogP) is 1.62. The molecule has 0 aromatic heterocycles. The normalized spacial score (nSPS) is 13.4. The summed E-state index contributed by atoms with van der Waals surface area (Å²) < 4.78 is 0. The molecule has 0 bridgehead atoms. The van der Waals surface area contributed by atoms with Crippen LogP contribution in [0.5, 0.6) is 0 Å². The number of anilines is 2. The van der Waals surface area contributed by atoms with Crippen molar-refractivity contribution in [1.29, 1.82) is 0 Å². The van der Waals surface area contributed by atoms with Crippen LogP contribution in [0.3, 0.4) is 0 Å². The summed E-state index contributed by atoms with van der Waals surface area (Å²) in [6.45, 7) is 1.79. The van der Waals surface area contributed by atoms with Crippen molar-refractivity contribution in [3.8, 4) is 0 Å². The van der Waals surface area contributed by atoms with Crippen molar-refractivity contribution >= 4 is 17.3 Å². The van der Waals surface area contributed by atoms with Crippen LogP contribution in [-0.2, 0) is 11.2 Å². The van der Waals surface area contributed by atoms with E-state index in [0.717, 1.165) is 25.2 Å². The zero-order valence-electron chi connectivity index (χ0n) is 11.1. The summed E-state index contributed by atoms with van der Waals surface area (Å²) in [5.74, 6) is 0.0814. The second-order valence-corrected chi connectivity index (χ2v) is 4.72. The van der Waals surface area contributed by atoms with E-state index in [2.05, 4.69) is 33.7 Å². The summed E-state index contributed by atoms with van der Waals surface area (Å²) in [5, 5.41) is 6.07. The maximum Gasteiger partial charge on any atom is 0.221 e. The van der Waals surface area contributed by atoms with E-state index < -0.39 is 0 Å². The van der Waals surface area contributed by atoms with E-state index in [-0.39, 0.29) is 5.91 Å². The number of rotatable bonds is 4. The number of nitrogens with one attached hydrogen (secondary N) is 2. The number of hydrogen-bond acceptors (Lipinski definition) is 3. The van der Waals surface area contributed by atoms with Crippen LogP contribution < -0.4 is 15.5 Å². The SMILES string of the molecule is CNC(=O)CCN(C)c1ccc2c(c1)NCCC2. The largest absolute Gasteiger partial charge is 0.385 e. The van der Waals surface area contributed by atoms with Crippen molar-refractivity contribution in [3.05, 3.63) is 23.8 Å². The van der Waals surface area contributed by atoms with Crippen molar-refractivity contribution in [3.63, 3.8) is 0 Å². The summed E-state index contributed by atoms with van der Waals surface area (Å²) in [4.78, 5) is 13.3. The minimum atomic E-state index is 0.0814. The minimum absolute atomic E-state index is 0.0814. The Morgan fingerprint density at radius 3 is 3.11 bits per heavy atom. The first kappa shape index (κ1) is 12.7. The molecule has 1 aromatic rings. The van der Waals surface area contributed by atoms with Crippen LogP contribution in [0.2, 0.25) is 0 Å². The third kappa shape index (κ3) is 2.94. The maximum atomic E-state index is 11.2. The van der Waals surface area contributed by atoms with Gasteiger partial charge < -0.3 is 15.5 Å². The van der Waals surface area contributed by atoms with Crippen molar-refractivity contribution in [2.24, 2.45) is 0 Å². The van der Waals surface area contributed by atoms with Gasteiger partial charge in [-0.1, -0.05) is 6.07 Å².